The minimum atomic E-state index is 0.654. The van der Waals surface area contributed by atoms with E-state index in [2.05, 4.69) is 28.5 Å². The molecule has 0 saturated heterocycles. The molecular weight excluding hydrogens is 292 g/mol. The Kier molecular flexibility index (Phi) is 3.79. The zero-order valence-electron chi connectivity index (χ0n) is 12.2. The Labute approximate surface area is 134 Å². The molecule has 4 heteroatoms. The van der Waals surface area contributed by atoms with Crippen LogP contribution in [-0.2, 0) is 6.42 Å². The average Bonchev–Trinajstić information content (AvgIpc) is 3.27. The van der Waals surface area contributed by atoms with Crippen molar-refractivity contribution in [1.82, 2.24) is 10.3 Å². The van der Waals surface area contributed by atoms with Crippen molar-refractivity contribution < 1.29 is 4.74 Å². The van der Waals surface area contributed by atoms with Gasteiger partial charge in [0.25, 0.3) is 5.19 Å². The van der Waals surface area contributed by atoms with E-state index in [0.717, 1.165) is 28.9 Å². The monoisotopic (exact) mass is 309 g/mol. The minimum absolute atomic E-state index is 0.654. The van der Waals surface area contributed by atoms with Crippen LogP contribution in [0.5, 0.6) is 10.9 Å². The number of thiazole rings is 1. The molecule has 3 nitrogen and oxygen atoms in total. The van der Waals surface area contributed by atoms with E-state index in [0.29, 0.717) is 11.2 Å². The van der Waals surface area contributed by atoms with Crippen LogP contribution in [0.3, 0.4) is 0 Å². The molecule has 0 amide bonds. The van der Waals surface area contributed by atoms with Crippen molar-refractivity contribution in [1.29, 1.82) is 0 Å². The van der Waals surface area contributed by atoms with Crippen LogP contribution in [0.1, 0.15) is 18.4 Å². The number of nitrogens with zero attached hydrogens (tertiary/aromatic N) is 2. The Morgan fingerprint density at radius 2 is 1.91 bits per heavy atom. The molecule has 1 aliphatic carbocycles. The van der Waals surface area contributed by atoms with Gasteiger partial charge in [0.2, 0.25) is 0 Å². The summed E-state index contributed by atoms with van der Waals surface area (Å²) in [6.07, 6.45) is 3.59. The molecule has 0 N–H and O–H groups in total. The van der Waals surface area contributed by atoms with Gasteiger partial charge in [0.05, 0.1) is 10.2 Å². The van der Waals surface area contributed by atoms with Gasteiger partial charge in [-0.2, -0.15) is 0 Å². The normalized spacial score (nSPS) is 14.4. The lowest BCUT2D eigenvalue weighted by Crippen LogP contribution is -2.10. The van der Waals surface area contributed by atoms with Gasteiger partial charge in [-0.3, -0.25) is 0 Å². The molecule has 0 bridgehead atoms. The number of para-hydroxylation sites is 1. The molecule has 1 fully saturated rings. The fourth-order valence-corrected chi connectivity index (χ4v) is 3.19. The van der Waals surface area contributed by atoms with Gasteiger partial charge >= 0.3 is 0 Å². The predicted octanol–water partition coefficient (Wildman–Crippen LogP) is 4.40. The highest BCUT2D eigenvalue weighted by Gasteiger charge is 2.21. The molecule has 2 aromatic carbocycles. The lowest BCUT2D eigenvalue weighted by Gasteiger charge is -2.04. The van der Waals surface area contributed by atoms with Crippen molar-refractivity contribution in [3.05, 3.63) is 54.1 Å². The Morgan fingerprint density at radius 3 is 2.68 bits per heavy atom. The third-order valence-electron chi connectivity index (χ3n) is 3.74. The van der Waals surface area contributed by atoms with Crippen LogP contribution >= 0.6 is 11.3 Å². The molecule has 111 valence electrons. The van der Waals surface area contributed by atoms with Crippen LogP contribution in [0.4, 0.5) is 0 Å². The fraction of sp³-hybridized carbons (Fsp3) is 0.278. The third kappa shape index (κ3) is 3.29. The molecule has 0 spiro atoms. The Bertz CT molecular complexity index is 729. The molecule has 1 heterocycles. The number of rotatable bonds is 6. The first-order valence-electron chi connectivity index (χ1n) is 7.66. The van der Waals surface area contributed by atoms with E-state index in [-0.39, 0.29) is 0 Å². The van der Waals surface area contributed by atoms with Gasteiger partial charge in [0.15, 0.2) is 0 Å². The van der Waals surface area contributed by atoms with Crippen molar-refractivity contribution in [3.8, 4) is 10.9 Å². The van der Waals surface area contributed by atoms with Crippen molar-refractivity contribution in [2.75, 3.05) is 6.54 Å². The molecule has 3 aromatic rings. The number of aromatic nitrogens is 1. The van der Waals surface area contributed by atoms with E-state index in [1.165, 1.54) is 18.4 Å². The van der Waals surface area contributed by atoms with Gasteiger partial charge < -0.3 is 4.74 Å². The van der Waals surface area contributed by atoms with Crippen LogP contribution in [-0.4, -0.2) is 17.6 Å². The Hall–Kier alpha value is -1.91. The number of hydrogen-bond acceptors (Lipinski definition) is 3. The summed E-state index contributed by atoms with van der Waals surface area (Å²) in [7, 11) is 0. The summed E-state index contributed by atoms with van der Waals surface area (Å²) in [5.41, 5.74) is 2.29. The van der Waals surface area contributed by atoms with Crippen LogP contribution in [0, 0.1) is 0 Å². The van der Waals surface area contributed by atoms with E-state index < -0.39 is 0 Å². The molecule has 0 atom stereocenters. The summed E-state index contributed by atoms with van der Waals surface area (Å²) in [5.74, 6) is 0.835. The quantitative estimate of drug-likeness (QED) is 0.676. The minimum Gasteiger partial charge on any atom is -0.431 e. The summed E-state index contributed by atoms with van der Waals surface area (Å²) in [6.45, 7) is 0.933. The van der Waals surface area contributed by atoms with Crippen LogP contribution < -0.4 is 10.1 Å². The van der Waals surface area contributed by atoms with E-state index in [1.54, 1.807) is 11.3 Å². The van der Waals surface area contributed by atoms with Gasteiger partial charge in [-0.15, -0.1) is 0 Å². The van der Waals surface area contributed by atoms with Gasteiger partial charge in [0.1, 0.15) is 5.75 Å². The van der Waals surface area contributed by atoms with Gasteiger partial charge in [-0.1, -0.05) is 35.6 Å². The fourth-order valence-electron chi connectivity index (χ4n) is 2.35. The molecule has 1 aromatic heterocycles. The molecule has 0 aliphatic heterocycles. The largest absolute Gasteiger partial charge is 0.431 e. The topological polar surface area (TPSA) is 36.2 Å². The van der Waals surface area contributed by atoms with Crippen molar-refractivity contribution in [3.63, 3.8) is 0 Å². The van der Waals surface area contributed by atoms with E-state index in [1.807, 2.05) is 30.3 Å². The Balaban J connectivity index is 1.39. The number of ether oxygens (including phenoxy) is 1. The molecule has 1 radical (unpaired) electrons. The zero-order chi connectivity index (χ0) is 14.8. The number of hydrogen-bond donors (Lipinski definition) is 0. The van der Waals surface area contributed by atoms with Crippen molar-refractivity contribution in [2.45, 2.75) is 25.3 Å². The highest BCUT2D eigenvalue weighted by atomic mass is 32.1. The first-order valence-corrected chi connectivity index (χ1v) is 8.47. The summed E-state index contributed by atoms with van der Waals surface area (Å²) in [5, 5.41) is 5.30. The molecule has 4 rings (SSSR count). The number of fused-ring (bicyclic) bond motifs is 1. The zero-order valence-corrected chi connectivity index (χ0v) is 13.1. The molecule has 1 aliphatic rings. The average molecular weight is 309 g/mol. The van der Waals surface area contributed by atoms with E-state index in [9.17, 15) is 0 Å². The first kappa shape index (κ1) is 13.7. The second kappa shape index (κ2) is 6.07. The van der Waals surface area contributed by atoms with Gasteiger partial charge in [0, 0.05) is 12.6 Å². The summed E-state index contributed by atoms with van der Waals surface area (Å²) < 4.78 is 7.00. The maximum absolute atomic E-state index is 5.86. The first-order chi connectivity index (χ1) is 10.9. The standard InChI is InChI=1S/C18H17N2OS/c1-2-4-17-16(3-1)20-18(22-17)21-15-9-5-13(6-10-15)11-12-19-14-7-8-14/h1-6,9-10,14H,7-8,11-12H2. The Morgan fingerprint density at radius 1 is 1.09 bits per heavy atom. The summed E-state index contributed by atoms with van der Waals surface area (Å²) in [4.78, 5) is 4.49. The van der Waals surface area contributed by atoms with Gasteiger partial charge in [-0.25, -0.2) is 10.3 Å². The van der Waals surface area contributed by atoms with E-state index >= 15 is 0 Å². The molecule has 22 heavy (non-hydrogen) atoms. The maximum Gasteiger partial charge on any atom is 0.279 e. The summed E-state index contributed by atoms with van der Waals surface area (Å²) >= 11 is 1.57. The third-order valence-corrected chi connectivity index (χ3v) is 4.65. The lowest BCUT2D eigenvalue weighted by molar-refractivity contribution is 0.480. The predicted molar refractivity (Wildman–Crippen MR) is 89.9 cm³/mol. The van der Waals surface area contributed by atoms with Crippen molar-refractivity contribution >= 4 is 21.6 Å². The summed E-state index contributed by atoms with van der Waals surface area (Å²) in [6, 6.07) is 17.0. The highest BCUT2D eigenvalue weighted by Crippen LogP contribution is 2.31. The van der Waals surface area contributed by atoms with Crippen LogP contribution in [0.15, 0.2) is 48.5 Å². The molecule has 1 saturated carbocycles. The van der Waals surface area contributed by atoms with Crippen molar-refractivity contribution in [2.24, 2.45) is 0 Å². The lowest BCUT2D eigenvalue weighted by atomic mass is 10.1. The highest BCUT2D eigenvalue weighted by molar-refractivity contribution is 7.20. The van der Waals surface area contributed by atoms with Crippen LogP contribution in [0.25, 0.3) is 10.2 Å². The maximum atomic E-state index is 5.86. The second-order valence-corrected chi connectivity index (χ2v) is 6.57. The molecular formula is C18H17N2OS. The van der Waals surface area contributed by atoms with E-state index in [4.69, 9.17) is 4.74 Å². The molecule has 0 unspecified atom stereocenters. The second-order valence-electron chi connectivity index (χ2n) is 5.58. The SMILES string of the molecule is c1ccc2sc(Oc3ccc(CC[N]C4CC4)cc3)nc2c1. The van der Waals surface area contributed by atoms with Gasteiger partial charge in [-0.05, 0) is 49.1 Å². The van der Waals surface area contributed by atoms with Crippen LogP contribution in [0.2, 0.25) is 0 Å². The smallest absolute Gasteiger partial charge is 0.279 e. The number of benzene rings is 2.